The number of aryl methyl sites for hydroxylation is 1. The Kier molecular flexibility index (Phi) is 3.05. The maximum Gasteiger partial charge on any atom is 0.328 e. The molecule has 0 aliphatic rings. The first-order chi connectivity index (χ1) is 8.15. The lowest BCUT2D eigenvalue weighted by molar-refractivity contribution is -0.131. The second-order valence-corrected chi connectivity index (χ2v) is 3.72. The van der Waals surface area contributed by atoms with E-state index in [2.05, 4.69) is 9.97 Å². The van der Waals surface area contributed by atoms with E-state index in [1.54, 1.807) is 6.20 Å². The molecule has 2 aromatic rings. The second-order valence-electron chi connectivity index (χ2n) is 3.72. The summed E-state index contributed by atoms with van der Waals surface area (Å²) in [7, 11) is 0. The molecule has 0 aliphatic heterocycles. The summed E-state index contributed by atoms with van der Waals surface area (Å²) in [5.74, 6) is -0.457. The summed E-state index contributed by atoms with van der Waals surface area (Å²) in [6, 6.07) is 8.02. The predicted molar refractivity (Wildman–Crippen MR) is 65.4 cm³/mol. The highest BCUT2D eigenvalue weighted by Crippen LogP contribution is 2.17. The SMILES string of the molecule is Cc1ccc(-c2cnc(/C=C/C(=O)O)[nH]2)cc1. The van der Waals surface area contributed by atoms with Crippen molar-refractivity contribution < 1.29 is 9.90 Å². The van der Waals surface area contributed by atoms with Crippen molar-refractivity contribution in [2.24, 2.45) is 0 Å². The van der Waals surface area contributed by atoms with Crippen LogP contribution in [-0.2, 0) is 4.79 Å². The highest BCUT2D eigenvalue weighted by Gasteiger charge is 2.01. The zero-order valence-electron chi connectivity index (χ0n) is 9.34. The first kappa shape index (κ1) is 11.1. The minimum absolute atomic E-state index is 0.531. The number of aliphatic carboxylic acids is 1. The van der Waals surface area contributed by atoms with Gasteiger partial charge in [-0.2, -0.15) is 0 Å². The maximum atomic E-state index is 10.4. The Morgan fingerprint density at radius 1 is 1.35 bits per heavy atom. The number of carboxylic acids is 1. The Hall–Kier alpha value is -2.36. The van der Waals surface area contributed by atoms with E-state index in [1.165, 1.54) is 11.6 Å². The summed E-state index contributed by atoms with van der Waals surface area (Å²) in [4.78, 5) is 17.5. The standard InChI is InChI=1S/C13H12N2O2/c1-9-2-4-10(5-3-9)11-8-14-12(15-11)6-7-13(16)17/h2-8H,1H3,(H,14,15)(H,16,17)/b7-6+. The van der Waals surface area contributed by atoms with E-state index in [4.69, 9.17) is 5.11 Å². The average Bonchev–Trinajstić information content (AvgIpc) is 2.76. The number of aromatic amines is 1. The normalized spacial score (nSPS) is 10.9. The number of imidazole rings is 1. The Morgan fingerprint density at radius 2 is 2.06 bits per heavy atom. The van der Waals surface area contributed by atoms with Gasteiger partial charge in [-0.25, -0.2) is 9.78 Å². The number of nitrogens with one attached hydrogen (secondary N) is 1. The highest BCUT2D eigenvalue weighted by molar-refractivity contribution is 5.84. The maximum absolute atomic E-state index is 10.4. The lowest BCUT2D eigenvalue weighted by Crippen LogP contribution is -1.86. The first-order valence-electron chi connectivity index (χ1n) is 5.18. The van der Waals surface area contributed by atoms with E-state index in [0.29, 0.717) is 5.82 Å². The van der Waals surface area contributed by atoms with Crippen LogP contribution in [0.2, 0.25) is 0 Å². The van der Waals surface area contributed by atoms with Gasteiger partial charge in [0.15, 0.2) is 0 Å². The van der Waals surface area contributed by atoms with Crippen LogP contribution in [0.1, 0.15) is 11.4 Å². The quantitative estimate of drug-likeness (QED) is 0.793. The van der Waals surface area contributed by atoms with E-state index < -0.39 is 5.97 Å². The van der Waals surface area contributed by atoms with Gasteiger partial charge in [-0.15, -0.1) is 0 Å². The minimum atomic E-state index is -0.988. The predicted octanol–water partition coefficient (Wildman–Crippen LogP) is 2.48. The van der Waals surface area contributed by atoms with Crippen molar-refractivity contribution in [1.29, 1.82) is 0 Å². The Balaban J connectivity index is 2.23. The largest absolute Gasteiger partial charge is 0.478 e. The van der Waals surface area contributed by atoms with Crippen molar-refractivity contribution in [1.82, 2.24) is 9.97 Å². The molecule has 1 aromatic carbocycles. The molecule has 0 saturated heterocycles. The molecule has 0 spiro atoms. The molecule has 2 rings (SSSR count). The molecule has 0 atom stereocenters. The van der Waals surface area contributed by atoms with Gasteiger partial charge >= 0.3 is 5.97 Å². The number of benzene rings is 1. The van der Waals surface area contributed by atoms with Gasteiger partial charge in [0, 0.05) is 6.08 Å². The van der Waals surface area contributed by atoms with Crippen LogP contribution >= 0.6 is 0 Å². The lowest BCUT2D eigenvalue weighted by Gasteiger charge is -1.97. The summed E-state index contributed by atoms with van der Waals surface area (Å²) in [6.07, 6.45) is 4.17. The molecule has 4 nitrogen and oxygen atoms in total. The number of rotatable bonds is 3. The van der Waals surface area contributed by atoms with Gasteiger partial charge < -0.3 is 10.1 Å². The van der Waals surface area contributed by atoms with Crippen molar-refractivity contribution in [2.45, 2.75) is 6.92 Å². The fraction of sp³-hybridized carbons (Fsp3) is 0.0769. The molecule has 0 unspecified atom stereocenters. The molecule has 0 aliphatic carbocycles. The smallest absolute Gasteiger partial charge is 0.328 e. The van der Waals surface area contributed by atoms with Crippen molar-refractivity contribution in [3.8, 4) is 11.3 Å². The Bertz CT molecular complexity index is 553. The minimum Gasteiger partial charge on any atom is -0.478 e. The third kappa shape index (κ3) is 2.81. The average molecular weight is 228 g/mol. The molecule has 1 heterocycles. The summed E-state index contributed by atoms with van der Waals surface area (Å²) in [5, 5.41) is 8.50. The summed E-state index contributed by atoms with van der Waals surface area (Å²) < 4.78 is 0. The topological polar surface area (TPSA) is 66.0 Å². The van der Waals surface area contributed by atoms with E-state index >= 15 is 0 Å². The van der Waals surface area contributed by atoms with Gasteiger partial charge in [0.25, 0.3) is 0 Å². The van der Waals surface area contributed by atoms with Crippen LogP contribution in [0.4, 0.5) is 0 Å². The van der Waals surface area contributed by atoms with Crippen LogP contribution in [-0.4, -0.2) is 21.0 Å². The van der Waals surface area contributed by atoms with Crippen LogP contribution in [0.15, 0.2) is 36.5 Å². The first-order valence-corrected chi connectivity index (χ1v) is 5.18. The van der Waals surface area contributed by atoms with Gasteiger partial charge in [0.1, 0.15) is 5.82 Å². The van der Waals surface area contributed by atoms with Crippen molar-refractivity contribution in [3.05, 3.63) is 47.9 Å². The van der Waals surface area contributed by atoms with Crippen molar-refractivity contribution in [3.63, 3.8) is 0 Å². The third-order valence-corrected chi connectivity index (χ3v) is 2.34. The van der Waals surface area contributed by atoms with Gasteiger partial charge in [0.2, 0.25) is 0 Å². The molecule has 0 bridgehead atoms. The van der Waals surface area contributed by atoms with Gasteiger partial charge in [-0.1, -0.05) is 29.8 Å². The third-order valence-electron chi connectivity index (χ3n) is 2.34. The molecule has 17 heavy (non-hydrogen) atoms. The zero-order valence-corrected chi connectivity index (χ0v) is 9.34. The molecular weight excluding hydrogens is 216 g/mol. The molecule has 86 valence electrons. The number of carboxylic acid groups (broad SMARTS) is 1. The lowest BCUT2D eigenvalue weighted by atomic mass is 10.1. The van der Waals surface area contributed by atoms with Crippen molar-refractivity contribution in [2.75, 3.05) is 0 Å². The number of hydrogen-bond acceptors (Lipinski definition) is 2. The summed E-state index contributed by atoms with van der Waals surface area (Å²) in [5.41, 5.74) is 3.09. The van der Waals surface area contributed by atoms with Crippen LogP contribution in [0.3, 0.4) is 0 Å². The fourth-order valence-electron chi connectivity index (χ4n) is 1.45. The molecule has 0 saturated carbocycles. The number of H-pyrrole nitrogens is 1. The molecule has 2 N–H and O–H groups in total. The van der Waals surface area contributed by atoms with Crippen LogP contribution < -0.4 is 0 Å². The van der Waals surface area contributed by atoms with E-state index in [1.807, 2.05) is 31.2 Å². The molecule has 0 radical (unpaired) electrons. The second kappa shape index (κ2) is 4.65. The van der Waals surface area contributed by atoms with Crippen LogP contribution in [0, 0.1) is 6.92 Å². The zero-order chi connectivity index (χ0) is 12.3. The molecule has 1 aromatic heterocycles. The molecular formula is C13H12N2O2. The van der Waals surface area contributed by atoms with Gasteiger partial charge in [-0.3, -0.25) is 0 Å². The molecule has 0 amide bonds. The molecule has 0 fully saturated rings. The van der Waals surface area contributed by atoms with Crippen LogP contribution in [0.25, 0.3) is 17.3 Å². The highest BCUT2D eigenvalue weighted by atomic mass is 16.4. The summed E-state index contributed by atoms with van der Waals surface area (Å²) >= 11 is 0. The number of nitrogens with zero attached hydrogens (tertiary/aromatic N) is 1. The molecule has 4 heteroatoms. The number of aromatic nitrogens is 2. The van der Waals surface area contributed by atoms with E-state index in [9.17, 15) is 4.79 Å². The van der Waals surface area contributed by atoms with E-state index in [0.717, 1.165) is 17.3 Å². The summed E-state index contributed by atoms with van der Waals surface area (Å²) in [6.45, 7) is 2.03. The monoisotopic (exact) mass is 228 g/mol. The fourth-order valence-corrected chi connectivity index (χ4v) is 1.45. The number of carbonyl (C=O) groups is 1. The Morgan fingerprint density at radius 3 is 2.71 bits per heavy atom. The van der Waals surface area contributed by atoms with Crippen LogP contribution in [0.5, 0.6) is 0 Å². The number of hydrogen-bond donors (Lipinski definition) is 2. The van der Waals surface area contributed by atoms with Gasteiger partial charge in [0.05, 0.1) is 11.9 Å². The Labute approximate surface area is 98.6 Å². The van der Waals surface area contributed by atoms with Crippen molar-refractivity contribution >= 4 is 12.0 Å². The van der Waals surface area contributed by atoms with E-state index in [-0.39, 0.29) is 0 Å². The van der Waals surface area contributed by atoms with Gasteiger partial charge in [-0.05, 0) is 18.6 Å².